The molecule has 6 heteroatoms. The van der Waals surface area contributed by atoms with E-state index in [-0.39, 0.29) is 0 Å². The monoisotopic (exact) mass is 390 g/mol. The highest BCUT2D eigenvalue weighted by Crippen LogP contribution is 2.42. The number of alkyl halides is 1. The van der Waals surface area contributed by atoms with E-state index in [4.69, 9.17) is 32.7 Å². The number of rotatable bonds is 2. The van der Waals surface area contributed by atoms with Crippen molar-refractivity contribution in [3.63, 3.8) is 0 Å². The minimum atomic E-state index is -0.717. The van der Waals surface area contributed by atoms with Crippen LogP contribution in [0, 0.1) is 5.82 Å². The van der Waals surface area contributed by atoms with Crippen molar-refractivity contribution >= 4 is 39.1 Å². The van der Waals surface area contributed by atoms with Crippen LogP contribution < -0.4 is 9.47 Å². The van der Waals surface area contributed by atoms with Gasteiger partial charge in [0, 0.05) is 16.7 Å². The molecule has 21 heavy (non-hydrogen) atoms. The Bertz CT molecular complexity index is 694. The number of halogens is 4. The maximum Gasteiger partial charge on any atom is 0.162 e. The van der Waals surface area contributed by atoms with Gasteiger partial charge < -0.3 is 9.47 Å². The second-order valence-corrected chi connectivity index (χ2v) is 6.22. The van der Waals surface area contributed by atoms with E-state index < -0.39 is 11.2 Å². The van der Waals surface area contributed by atoms with Crippen molar-refractivity contribution in [2.24, 2.45) is 0 Å². The molecular weight excluding hydrogens is 382 g/mol. The van der Waals surface area contributed by atoms with E-state index in [0.29, 0.717) is 45.3 Å². The molecule has 0 bridgehead atoms. The highest BCUT2D eigenvalue weighted by atomic mass is 79.9. The fourth-order valence-corrected chi connectivity index (χ4v) is 3.21. The lowest BCUT2D eigenvalue weighted by Crippen LogP contribution is -2.15. The van der Waals surface area contributed by atoms with Crippen LogP contribution in [-0.4, -0.2) is 13.2 Å². The average molecular weight is 392 g/mol. The highest BCUT2D eigenvalue weighted by molar-refractivity contribution is 9.10. The van der Waals surface area contributed by atoms with Crippen LogP contribution in [0.25, 0.3) is 0 Å². The van der Waals surface area contributed by atoms with E-state index in [1.807, 2.05) is 0 Å². The summed E-state index contributed by atoms with van der Waals surface area (Å²) in [6.07, 6.45) is 0. The summed E-state index contributed by atoms with van der Waals surface area (Å²) in [4.78, 5) is 0. The van der Waals surface area contributed by atoms with Gasteiger partial charge in [-0.1, -0.05) is 23.7 Å². The summed E-state index contributed by atoms with van der Waals surface area (Å²) in [5, 5.41) is -0.301. The van der Waals surface area contributed by atoms with Crippen molar-refractivity contribution in [1.29, 1.82) is 0 Å². The first-order valence-corrected chi connectivity index (χ1v) is 7.85. The van der Waals surface area contributed by atoms with Crippen LogP contribution in [0.4, 0.5) is 4.39 Å². The fraction of sp³-hybridized carbons (Fsp3) is 0.200. The minimum absolute atomic E-state index is 0.351. The highest BCUT2D eigenvalue weighted by Gasteiger charge is 2.23. The molecule has 1 atom stereocenters. The van der Waals surface area contributed by atoms with Crippen molar-refractivity contribution < 1.29 is 13.9 Å². The van der Waals surface area contributed by atoms with Gasteiger partial charge in [0.15, 0.2) is 11.5 Å². The smallest absolute Gasteiger partial charge is 0.162 e. The quantitative estimate of drug-likeness (QED) is 0.643. The van der Waals surface area contributed by atoms with Gasteiger partial charge in [-0.3, -0.25) is 0 Å². The Balaban J connectivity index is 2.05. The summed E-state index contributed by atoms with van der Waals surface area (Å²) in [7, 11) is 0. The number of hydrogen-bond acceptors (Lipinski definition) is 2. The van der Waals surface area contributed by atoms with Gasteiger partial charge in [0.05, 0.1) is 9.85 Å². The molecule has 3 rings (SSSR count). The van der Waals surface area contributed by atoms with Crippen LogP contribution in [-0.2, 0) is 0 Å². The Kier molecular flexibility index (Phi) is 4.29. The molecule has 1 aliphatic rings. The van der Waals surface area contributed by atoms with Crippen LogP contribution >= 0.6 is 39.1 Å². The van der Waals surface area contributed by atoms with Gasteiger partial charge >= 0.3 is 0 Å². The molecule has 0 aliphatic carbocycles. The zero-order chi connectivity index (χ0) is 15.0. The van der Waals surface area contributed by atoms with Gasteiger partial charge in [-0.25, -0.2) is 4.39 Å². The maximum absolute atomic E-state index is 14.2. The molecule has 110 valence electrons. The lowest BCUT2D eigenvalue weighted by Gasteiger charge is -2.21. The van der Waals surface area contributed by atoms with Gasteiger partial charge in [0.1, 0.15) is 19.0 Å². The average Bonchev–Trinajstić information content (AvgIpc) is 2.48. The third kappa shape index (κ3) is 2.85. The molecule has 2 aromatic carbocycles. The molecule has 1 aliphatic heterocycles. The van der Waals surface area contributed by atoms with Crippen LogP contribution in [0.5, 0.6) is 11.5 Å². The molecule has 0 fully saturated rings. The Hall–Kier alpha value is -0.970. The Morgan fingerprint density at radius 2 is 1.76 bits per heavy atom. The lowest BCUT2D eigenvalue weighted by molar-refractivity contribution is 0.171. The number of fused-ring (bicyclic) bond motifs is 1. The molecule has 2 aromatic rings. The summed E-state index contributed by atoms with van der Waals surface area (Å²) in [5.74, 6) is 0.749. The molecule has 1 unspecified atom stereocenters. The fourth-order valence-electron chi connectivity index (χ4n) is 2.16. The van der Waals surface area contributed by atoms with Crippen LogP contribution in [0.15, 0.2) is 34.8 Å². The van der Waals surface area contributed by atoms with E-state index in [0.717, 1.165) is 0 Å². The van der Waals surface area contributed by atoms with Crippen molar-refractivity contribution in [2.75, 3.05) is 13.2 Å². The predicted octanol–water partition coefficient (Wildman–Crippen LogP) is 5.34. The summed E-state index contributed by atoms with van der Waals surface area (Å²) in [5.41, 5.74) is 0.934. The third-order valence-electron chi connectivity index (χ3n) is 3.19. The van der Waals surface area contributed by atoms with E-state index in [9.17, 15) is 4.39 Å². The van der Waals surface area contributed by atoms with Crippen LogP contribution in [0.1, 0.15) is 16.5 Å². The summed E-state index contributed by atoms with van der Waals surface area (Å²) >= 11 is 15.8. The van der Waals surface area contributed by atoms with Crippen molar-refractivity contribution in [3.8, 4) is 11.5 Å². The van der Waals surface area contributed by atoms with E-state index >= 15 is 0 Å². The van der Waals surface area contributed by atoms with Gasteiger partial charge in [-0.05, 0) is 33.6 Å². The molecule has 0 amide bonds. The SMILES string of the molecule is Fc1c(Br)cccc1C(Cl)c1cc2c(cc1Cl)OCCO2. The van der Waals surface area contributed by atoms with Crippen molar-refractivity contribution in [1.82, 2.24) is 0 Å². The summed E-state index contributed by atoms with van der Waals surface area (Å²) in [6.45, 7) is 0.944. The lowest BCUT2D eigenvalue weighted by atomic mass is 10.0. The Morgan fingerprint density at radius 1 is 1.10 bits per heavy atom. The second-order valence-electron chi connectivity index (χ2n) is 4.52. The normalized spacial score (nSPS) is 14.9. The van der Waals surface area contributed by atoms with E-state index in [1.165, 1.54) is 0 Å². The third-order valence-corrected chi connectivity index (χ3v) is 4.60. The van der Waals surface area contributed by atoms with Gasteiger partial charge in [0.2, 0.25) is 0 Å². The first-order valence-electron chi connectivity index (χ1n) is 6.25. The first kappa shape index (κ1) is 14.9. The standard InChI is InChI=1S/C15H10BrCl2FO2/c16-10-3-1-2-8(15(10)19)14(18)9-6-12-13(7-11(9)17)21-5-4-20-12/h1-3,6-7,14H,4-5H2. The molecule has 0 radical (unpaired) electrons. The second kappa shape index (κ2) is 6.03. The Labute approximate surface area is 139 Å². The Morgan fingerprint density at radius 3 is 2.48 bits per heavy atom. The van der Waals surface area contributed by atoms with Crippen LogP contribution in [0.2, 0.25) is 5.02 Å². The largest absolute Gasteiger partial charge is 0.486 e. The number of ether oxygens (including phenoxy) is 2. The summed E-state index contributed by atoms with van der Waals surface area (Å²) in [6, 6.07) is 8.33. The molecule has 0 saturated heterocycles. The molecule has 1 heterocycles. The minimum Gasteiger partial charge on any atom is -0.486 e. The molecule has 0 spiro atoms. The number of benzene rings is 2. The zero-order valence-corrected chi connectivity index (χ0v) is 13.8. The molecule has 2 nitrogen and oxygen atoms in total. The maximum atomic E-state index is 14.2. The molecule has 0 aromatic heterocycles. The summed E-state index contributed by atoms with van der Waals surface area (Å²) < 4.78 is 25.5. The van der Waals surface area contributed by atoms with Crippen molar-refractivity contribution in [2.45, 2.75) is 5.38 Å². The molecular formula is C15H10BrCl2FO2. The van der Waals surface area contributed by atoms with Gasteiger partial charge in [0.25, 0.3) is 0 Å². The first-order chi connectivity index (χ1) is 10.1. The van der Waals surface area contributed by atoms with E-state index in [1.54, 1.807) is 30.3 Å². The molecule has 0 saturated carbocycles. The van der Waals surface area contributed by atoms with E-state index in [2.05, 4.69) is 15.9 Å². The van der Waals surface area contributed by atoms with Crippen molar-refractivity contribution in [3.05, 3.63) is 56.8 Å². The number of hydrogen-bond donors (Lipinski definition) is 0. The molecule has 0 N–H and O–H groups in total. The predicted molar refractivity (Wildman–Crippen MR) is 84.2 cm³/mol. The zero-order valence-electron chi connectivity index (χ0n) is 10.7. The van der Waals surface area contributed by atoms with Crippen LogP contribution in [0.3, 0.4) is 0 Å². The van der Waals surface area contributed by atoms with Gasteiger partial charge in [-0.15, -0.1) is 11.6 Å². The van der Waals surface area contributed by atoms with Gasteiger partial charge in [-0.2, -0.15) is 0 Å². The topological polar surface area (TPSA) is 18.5 Å².